The Kier molecular flexibility index (Phi) is 6.05. The second kappa shape index (κ2) is 7.58. The summed E-state index contributed by atoms with van der Waals surface area (Å²) in [7, 11) is 0. The number of nitrogens with two attached hydrogens (primary N) is 1. The van der Waals surface area contributed by atoms with E-state index < -0.39 is 28.9 Å². The van der Waals surface area contributed by atoms with Crippen LogP contribution in [0.25, 0.3) is 0 Å². The molecule has 1 aromatic rings. The van der Waals surface area contributed by atoms with E-state index in [0.29, 0.717) is 19.6 Å². The predicted molar refractivity (Wildman–Crippen MR) is 96.6 cm³/mol. The Labute approximate surface area is 153 Å². The molecule has 1 saturated heterocycles. The minimum atomic E-state index is -1.58. The summed E-state index contributed by atoms with van der Waals surface area (Å²) in [6.45, 7) is 10.4. The lowest BCUT2D eigenvalue weighted by molar-refractivity contribution is -0.171. The molecule has 1 aromatic carbocycles. The molecule has 0 amide bonds. The van der Waals surface area contributed by atoms with Crippen molar-refractivity contribution in [2.24, 2.45) is 5.73 Å². The number of nitrogens with one attached hydrogen (secondary N) is 1. The van der Waals surface area contributed by atoms with Gasteiger partial charge in [-0.2, -0.15) is 0 Å². The number of piperazine rings is 1. The van der Waals surface area contributed by atoms with Crippen LogP contribution in [-0.2, 0) is 16.0 Å². The van der Waals surface area contributed by atoms with Crippen molar-refractivity contribution in [3.05, 3.63) is 34.9 Å². The molecule has 2 rings (SSSR count). The summed E-state index contributed by atoms with van der Waals surface area (Å²) in [6, 6.07) is 3.09. The van der Waals surface area contributed by atoms with Gasteiger partial charge in [-0.25, -0.2) is 13.6 Å². The van der Waals surface area contributed by atoms with Gasteiger partial charge < -0.3 is 15.8 Å². The van der Waals surface area contributed by atoms with E-state index in [1.807, 2.05) is 6.92 Å². The molecule has 0 radical (unpaired) electrons. The Balaban J connectivity index is 2.40. The first-order valence-corrected chi connectivity index (χ1v) is 8.88. The Morgan fingerprint density at radius 1 is 1.35 bits per heavy atom. The highest BCUT2D eigenvalue weighted by Crippen LogP contribution is 2.25. The van der Waals surface area contributed by atoms with Crippen LogP contribution >= 0.6 is 0 Å². The molecule has 0 aliphatic carbocycles. The van der Waals surface area contributed by atoms with Gasteiger partial charge >= 0.3 is 5.97 Å². The summed E-state index contributed by atoms with van der Waals surface area (Å²) >= 11 is 0. The molecule has 0 saturated carbocycles. The van der Waals surface area contributed by atoms with Gasteiger partial charge in [-0.1, -0.05) is 12.1 Å². The zero-order chi connectivity index (χ0) is 19.7. The number of ether oxygens (including phenoxy) is 1. The van der Waals surface area contributed by atoms with Crippen molar-refractivity contribution < 1.29 is 18.3 Å². The average Bonchev–Trinajstić information content (AvgIpc) is 2.53. The Morgan fingerprint density at radius 2 is 2.00 bits per heavy atom. The third-order valence-corrected chi connectivity index (χ3v) is 4.50. The summed E-state index contributed by atoms with van der Waals surface area (Å²) in [6.07, 6.45) is -0.169. The second-order valence-electron chi connectivity index (χ2n) is 8.07. The molecule has 1 aliphatic heterocycles. The van der Waals surface area contributed by atoms with Gasteiger partial charge in [0.2, 0.25) is 0 Å². The van der Waals surface area contributed by atoms with Crippen LogP contribution in [0.4, 0.5) is 8.78 Å². The summed E-state index contributed by atoms with van der Waals surface area (Å²) in [5.41, 5.74) is 4.47. The van der Waals surface area contributed by atoms with Crippen LogP contribution < -0.4 is 11.1 Å². The first-order chi connectivity index (χ1) is 11.9. The van der Waals surface area contributed by atoms with Crippen molar-refractivity contribution in [2.75, 3.05) is 19.6 Å². The van der Waals surface area contributed by atoms with E-state index in [9.17, 15) is 13.6 Å². The lowest BCUT2D eigenvalue weighted by atomic mass is 9.95. The first kappa shape index (κ1) is 20.7. The SMILES string of the molecule is Cc1ccc(C[C@@](N)(C(=O)OC(C)(C)C)N2CCN[C@@H](C)C2)c(F)c1F. The van der Waals surface area contributed by atoms with Crippen LogP contribution in [0.5, 0.6) is 0 Å². The predicted octanol–water partition coefficient (Wildman–Crippen LogP) is 2.11. The Morgan fingerprint density at radius 3 is 2.58 bits per heavy atom. The smallest absolute Gasteiger partial charge is 0.342 e. The van der Waals surface area contributed by atoms with Gasteiger partial charge in [0.05, 0.1) is 0 Å². The van der Waals surface area contributed by atoms with Gasteiger partial charge in [0.15, 0.2) is 17.3 Å². The van der Waals surface area contributed by atoms with Crippen molar-refractivity contribution in [3.8, 4) is 0 Å². The van der Waals surface area contributed by atoms with Crippen LogP contribution in [0.3, 0.4) is 0 Å². The van der Waals surface area contributed by atoms with Gasteiger partial charge in [-0.15, -0.1) is 0 Å². The Bertz CT molecular complexity index is 675. The maximum Gasteiger partial charge on any atom is 0.342 e. The third-order valence-electron chi connectivity index (χ3n) is 4.50. The van der Waals surface area contributed by atoms with Gasteiger partial charge in [-0.05, 0) is 45.7 Å². The van der Waals surface area contributed by atoms with Gasteiger partial charge in [0, 0.05) is 32.1 Å². The number of hydrogen-bond acceptors (Lipinski definition) is 5. The maximum atomic E-state index is 14.4. The lowest BCUT2D eigenvalue weighted by Gasteiger charge is -2.44. The molecule has 1 heterocycles. The number of rotatable bonds is 4. The highest BCUT2D eigenvalue weighted by atomic mass is 19.2. The number of hydrogen-bond donors (Lipinski definition) is 2. The molecule has 3 N–H and O–H groups in total. The van der Waals surface area contributed by atoms with Crippen molar-refractivity contribution in [2.45, 2.75) is 58.3 Å². The van der Waals surface area contributed by atoms with E-state index in [0.717, 1.165) is 0 Å². The van der Waals surface area contributed by atoms with Gasteiger partial charge in [0.1, 0.15) is 5.60 Å². The lowest BCUT2D eigenvalue weighted by Crippen LogP contribution is -2.69. The van der Waals surface area contributed by atoms with Gasteiger partial charge in [0.25, 0.3) is 0 Å². The number of esters is 1. The monoisotopic (exact) mass is 369 g/mol. The van der Waals surface area contributed by atoms with Crippen LogP contribution in [0.15, 0.2) is 12.1 Å². The molecule has 7 heteroatoms. The number of benzene rings is 1. The third kappa shape index (κ3) is 4.58. The first-order valence-electron chi connectivity index (χ1n) is 8.88. The molecule has 1 aliphatic rings. The molecule has 0 bridgehead atoms. The molecule has 26 heavy (non-hydrogen) atoms. The van der Waals surface area contributed by atoms with Crippen LogP contribution in [0, 0.1) is 18.6 Å². The van der Waals surface area contributed by atoms with Crippen molar-refractivity contribution in [3.63, 3.8) is 0 Å². The number of nitrogens with zero attached hydrogens (tertiary/aromatic N) is 1. The summed E-state index contributed by atoms with van der Waals surface area (Å²) < 4.78 is 33.9. The Hall–Kier alpha value is -1.57. The molecule has 0 spiro atoms. The van der Waals surface area contributed by atoms with E-state index in [2.05, 4.69) is 5.32 Å². The molecule has 0 aromatic heterocycles. The highest BCUT2D eigenvalue weighted by Gasteiger charge is 2.45. The van der Waals surface area contributed by atoms with Crippen LogP contribution in [0.2, 0.25) is 0 Å². The number of carbonyl (C=O) groups is 1. The van der Waals surface area contributed by atoms with Crippen molar-refractivity contribution >= 4 is 5.97 Å². The maximum absolute atomic E-state index is 14.4. The fraction of sp³-hybridized carbons (Fsp3) is 0.632. The average molecular weight is 369 g/mol. The minimum absolute atomic E-state index is 0.0626. The van der Waals surface area contributed by atoms with Crippen LogP contribution in [-0.4, -0.2) is 47.8 Å². The normalized spacial score (nSPS) is 21.3. The van der Waals surface area contributed by atoms with Crippen molar-refractivity contribution in [1.82, 2.24) is 10.2 Å². The molecule has 146 valence electrons. The summed E-state index contributed by atoms with van der Waals surface area (Å²) in [4.78, 5) is 14.7. The van der Waals surface area contributed by atoms with E-state index in [-0.39, 0.29) is 23.6 Å². The zero-order valence-electron chi connectivity index (χ0n) is 16.2. The largest absolute Gasteiger partial charge is 0.458 e. The van der Waals surface area contributed by atoms with Gasteiger partial charge in [-0.3, -0.25) is 4.90 Å². The summed E-state index contributed by atoms with van der Waals surface area (Å²) in [5, 5.41) is 3.28. The topological polar surface area (TPSA) is 67.6 Å². The van der Waals surface area contributed by atoms with Crippen molar-refractivity contribution in [1.29, 1.82) is 0 Å². The fourth-order valence-electron chi connectivity index (χ4n) is 3.09. The fourth-order valence-corrected chi connectivity index (χ4v) is 3.09. The molecule has 2 atom stereocenters. The number of halogens is 2. The second-order valence-corrected chi connectivity index (χ2v) is 8.07. The van der Waals surface area contributed by atoms with E-state index in [4.69, 9.17) is 10.5 Å². The molecule has 0 unspecified atom stereocenters. The summed E-state index contributed by atoms with van der Waals surface area (Å²) in [5.74, 6) is -2.52. The van der Waals surface area contributed by atoms with E-state index in [1.54, 1.807) is 25.7 Å². The molecular formula is C19H29F2N3O2. The molecular weight excluding hydrogens is 340 g/mol. The number of carbonyl (C=O) groups excluding carboxylic acids is 1. The molecule has 5 nitrogen and oxygen atoms in total. The standard InChI is InChI=1S/C19H29F2N3O2/c1-12-6-7-14(16(21)15(12)20)10-19(22,17(25)26-18(3,4)5)24-9-8-23-13(2)11-24/h6-7,13,23H,8-11,22H2,1-5H3/t13-,19-/m0/s1. The van der Waals surface area contributed by atoms with Crippen LogP contribution in [0.1, 0.15) is 38.8 Å². The zero-order valence-corrected chi connectivity index (χ0v) is 16.2. The number of aryl methyl sites for hydroxylation is 1. The molecule has 1 fully saturated rings. The quantitative estimate of drug-likeness (QED) is 0.796. The minimum Gasteiger partial charge on any atom is -0.458 e. The van der Waals surface area contributed by atoms with E-state index in [1.165, 1.54) is 19.1 Å². The highest BCUT2D eigenvalue weighted by molar-refractivity contribution is 5.81. The van der Waals surface area contributed by atoms with E-state index >= 15 is 0 Å².